The fourth-order valence-electron chi connectivity index (χ4n) is 3.07. The summed E-state index contributed by atoms with van der Waals surface area (Å²) in [6.45, 7) is 1.14. The molecule has 1 amide bonds. The number of aromatic hydroxyl groups is 1. The predicted molar refractivity (Wildman–Crippen MR) is 101 cm³/mol. The number of hydrogen-bond donors (Lipinski definition) is 1. The lowest BCUT2D eigenvalue weighted by molar-refractivity contribution is 0.0573. The normalized spacial score (nSPS) is 14.6. The van der Waals surface area contributed by atoms with E-state index in [-0.39, 0.29) is 17.8 Å². The SMILES string of the molecule is O=C(c1ccc(O)cn1)N1CCC(Oc2ncc(-c3ccncc3)cn2)CC1. The van der Waals surface area contributed by atoms with Crippen molar-refractivity contribution < 1.29 is 14.6 Å². The van der Waals surface area contributed by atoms with Crippen molar-refractivity contribution in [2.45, 2.75) is 18.9 Å². The van der Waals surface area contributed by atoms with Gasteiger partial charge in [0, 0.05) is 56.3 Å². The zero-order valence-corrected chi connectivity index (χ0v) is 15.1. The van der Waals surface area contributed by atoms with Crippen LogP contribution in [0.2, 0.25) is 0 Å². The number of amides is 1. The van der Waals surface area contributed by atoms with E-state index < -0.39 is 0 Å². The standard InChI is InChI=1S/C20H19N5O3/c26-16-1-2-18(22-13-16)19(27)25-9-5-17(6-10-25)28-20-23-11-15(12-24-20)14-3-7-21-8-4-14/h1-4,7-8,11-13,17,26H,5-6,9-10H2. The van der Waals surface area contributed by atoms with Gasteiger partial charge in [-0.1, -0.05) is 0 Å². The van der Waals surface area contributed by atoms with Gasteiger partial charge in [0.2, 0.25) is 0 Å². The Morgan fingerprint density at radius 3 is 2.32 bits per heavy atom. The highest BCUT2D eigenvalue weighted by Gasteiger charge is 2.25. The lowest BCUT2D eigenvalue weighted by atomic mass is 10.1. The van der Waals surface area contributed by atoms with E-state index in [1.807, 2.05) is 12.1 Å². The number of pyridine rings is 2. The topological polar surface area (TPSA) is 101 Å². The minimum atomic E-state index is -0.142. The van der Waals surface area contributed by atoms with Gasteiger partial charge in [-0.2, -0.15) is 0 Å². The highest BCUT2D eigenvalue weighted by molar-refractivity contribution is 5.92. The Balaban J connectivity index is 1.32. The molecule has 0 spiro atoms. The van der Waals surface area contributed by atoms with Crippen LogP contribution in [0, 0.1) is 0 Å². The summed E-state index contributed by atoms with van der Waals surface area (Å²) in [5.41, 5.74) is 2.22. The van der Waals surface area contributed by atoms with Crippen LogP contribution in [0.5, 0.6) is 11.8 Å². The van der Waals surface area contributed by atoms with Gasteiger partial charge >= 0.3 is 6.01 Å². The molecule has 0 atom stereocenters. The van der Waals surface area contributed by atoms with Crippen LogP contribution >= 0.6 is 0 Å². The summed E-state index contributed by atoms with van der Waals surface area (Å²) in [6.07, 6.45) is 9.53. The minimum Gasteiger partial charge on any atom is -0.506 e. The van der Waals surface area contributed by atoms with Gasteiger partial charge in [0.25, 0.3) is 5.91 Å². The van der Waals surface area contributed by atoms with Crippen LogP contribution in [0.1, 0.15) is 23.3 Å². The molecular weight excluding hydrogens is 358 g/mol. The summed E-state index contributed by atoms with van der Waals surface area (Å²) in [4.78, 5) is 30.8. The van der Waals surface area contributed by atoms with Crippen molar-refractivity contribution in [1.29, 1.82) is 0 Å². The summed E-state index contributed by atoms with van der Waals surface area (Å²) < 4.78 is 5.87. The number of ether oxygens (including phenoxy) is 1. The van der Waals surface area contributed by atoms with Crippen LogP contribution in [0.4, 0.5) is 0 Å². The van der Waals surface area contributed by atoms with Gasteiger partial charge in [0.15, 0.2) is 0 Å². The quantitative estimate of drug-likeness (QED) is 0.744. The van der Waals surface area contributed by atoms with E-state index in [2.05, 4.69) is 19.9 Å². The van der Waals surface area contributed by atoms with E-state index in [0.29, 0.717) is 37.6 Å². The monoisotopic (exact) mass is 377 g/mol. The van der Waals surface area contributed by atoms with Crippen molar-refractivity contribution in [2.75, 3.05) is 13.1 Å². The fourth-order valence-corrected chi connectivity index (χ4v) is 3.07. The van der Waals surface area contributed by atoms with Crippen LogP contribution in [-0.2, 0) is 0 Å². The van der Waals surface area contributed by atoms with Gasteiger partial charge in [-0.15, -0.1) is 0 Å². The average molecular weight is 377 g/mol. The Labute approximate surface area is 161 Å². The molecule has 8 nitrogen and oxygen atoms in total. The predicted octanol–water partition coefficient (Wildman–Crippen LogP) is 2.32. The molecule has 1 fully saturated rings. The Morgan fingerprint density at radius 1 is 0.964 bits per heavy atom. The maximum Gasteiger partial charge on any atom is 0.316 e. The first kappa shape index (κ1) is 17.8. The van der Waals surface area contributed by atoms with Gasteiger partial charge in [0.05, 0.1) is 6.20 Å². The van der Waals surface area contributed by atoms with Gasteiger partial charge in [-0.3, -0.25) is 9.78 Å². The van der Waals surface area contributed by atoms with Crippen molar-refractivity contribution in [2.24, 2.45) is 0 Å². The van der Waals surface area contributed by atoms with Crippen LogP contribution in [0.15, 0.2) is 55.2 Å². The van der Waals surface area contributed by atoms with E-state index in [0.717, 1.165) is 11.1 Å². The van der Waals surface area contributed by atoms with Gasteiger partial charge in [-0.25, -0.2) is 15.0 Å². The van der Waals surface area contributed by atoms with E-state index >= 15 is 0 Å². The van der Waals surface area contributed by atoms with E-state index in [4.69, 9.17) is 4.74 Å². The van der Waals surface area contributed by atoms with Crippen molar-refractivity contribution >= 4 is 5.91 Å². The van der Waals surface area contributed by atoms with Gasteiger partial charge in [-0.05, 0) is 29.8 Å². The second kappa shape index (κ2) is 7.99. The zero-order chi connectivity index (χ0) is 19.3. The third kappa shape index (κ3) is 4.06. The second-order valence-electron chi connectivity index (χ2n) is 6.50. The summed E-state index contributed by atoms with van der Waals surface area (Å²) in [5.74, 6) is -0.102. The summed E-state index contributed by atoms with van der Waals surface area (Å²) >= 11 is 0. The molecule has 1 N–H and O–H groups in total. The van der Waals surface area contributed by atoms with Gasteiger partial charge < -0.3 is 14.7 Å². The molecule has 3 aromatic rings. The molecule has 0 aliphatic carbocycles. The second-order valence-corrected chi connectivity index (χ2v) is 6.50. The number of aromatic nitrogens is 4. The molecule has 3 aromatic heterocycles. The molecule has 0 unspecified atom stereocenters. The average Bonchev–Trinajstić information content (AvgIpc) is 2.75. The Morgan fingerprint density at radius 2 is 1.68 bits per heavy atom. The largest absolute Gasteiger partial charge is 0.506 e. The molecular formula is C20H19N5O3. The zero-order valence-electron chi connectivity index (χ0n) is 15.1. The van der Waals surface area contributed by atoms with Gasteiger partial charge in [0.1, 0.15) is 17.5 Å². The third-order valence-electron chi connectivity index (χ3n) is 4.61. The van der Waals surface area contributed by atoms with Crippen molar-refractivity contribution in [1.82, 2.24) is 24.8 Å². The molecule has 1 aliphatic rings. The summed E-state index contributed by atoms with van der Waals surface area (Å²) in [5, 5.41) is 9.29. The van der Waals surface area contributed by atoms with Crippen LogP contribution < -0.4 is 4.74 Å². The Kier molecular flexibility index (Phi) is 5.09. The van der Waals surface area contributed by atoms with Crippen molar-refractivity contribution in [3.8, 4) is 22.9 Å². The number of hydrogen-bond acceptors (Lipinski definition) is 7. The molecule has 4 rings (SSSR count). The highest BCUT2D eigenvalue weighted by Crippen LogP contribution is 2.20. The highest BCUT2D eigenvalue weighted by atomic mass is 16.5. The number of nitrogens with zero attached hydrogens (tertiary/aromatic N) is 5. The first-order valence-electron chi connectivity index (χ1n) is 9.02. The molecule has 4 heterocycles. The maximum absolute atomic E-state index is 12.5. The third-order valence-corrected chi connectivity index (χ3v) is 4.61. The lowest BCUT2D eigenvalue weighted by Crippen LogP contribution is -2.42. The van der Waals surface area contributed by atoms with Crippen molar-refractivity contribution in [3.05, 3.63) is 60.9 Å². The number of carbonyl (C=O) groups excluding carboxylic acids is 1. The molecule has 142 valence electrons. The van der Waals surface area contributed by atoms with E-state index in [1.165, 1.54) is 18.3 Å². The summed E-state index contributed by atoms with van der Waals surface area (Å²) in [6, 6.07) is 7.12. The molecule has 28 heavy (non-hydrogen) atoms. The maximum atomic E-state index is 12.5. The number of rotatable bonds is 4. The first-order valence-corrected chi connectivity index (χ1v) is 9.02. The molecule has 0 radical (unpaired) electrons. The van der Waals surface area contributed by atoms with E-state index in [9.17, 15) is 9.90 Å². The molecule has 0 aromatic carbocycles. The molecule has 8 heteroatoms. The Hall–Kier alpha value is -3.55. The fraction of sp³-hybridized carbons (Fsp3) is 0.250. The smallest absolute Gasteiger partial charge is 0.316 e. The number of carbonyl (C=O) groups is 1. The molecule has 0 saturated carbocycles. The van der Waals surface area contributed by atoms with E-state index in [1.54, 1.807) is 29.7 Å². The number of likely N-dealkylation sites (tertiary alicyclic amines) is 1. The number of piperidine rings is 1. The molecule has 0 bridgehead atoms. The van der Waals surface area contributed by atoms with Crippen LogP contribution in [0.3, 0.4) is 0 Å². The minimum absolute atomic E-state index is 0.0383. The van der Waals surface area contributed by atoms with Crippen LogP contribution in [-0.4, -0.2) is 55.0 Å². The van der Waals surface area contributed by atoms with Crippen molar-refractivity contribution in [3.63, 3.8) is 0 Å². The first-order chi connectivity index (χ1) is 13.7. The van der Waals surface area contributed by atoms with Crippen LogP contribution in [0.25, 0.3) is 11.1 Å². The lowest BCUT2D eigenvalue weighted by Gasteiger charge is -2.31. The molecule has 1 saturated heterocycles. The molecule has 1 aliphatic heterocycles. The Bertz CT molecular complexity index is 924. The summed E-state index contributed by atoms with van der Waals surface area (Å²) in [7, 11) is 0.